The van der Waals surface area contributed by atoms with E-state index >= 15 is 0 Å². The molecular weight excluding hydrogens is 286 g/mol. The molecule has 0 saturated carbocycles. The smallest absolute Gasteiger partial charge is 0.182 e. The highest BCUT2D eigenvalue weighted by Gasteiger charge is 2.29. The normalized spacial score (nSPS) is 13.0. The second-order valence-corrected chi connectivity index (χ2v) is 6.02. The summed E-state index contributed by atoms with van der Waals surface area (Å²) in [6, 6.07) is 16.6. The van der Waals surface area contributed by atoms with E-state index in [1.54, 1.807) is 0 Å². The predicted molar refractivity (Wildman–Crippen MR) is 89.5 cm³/mol. The lowest BCUT2D eigenvalue weighted by molar-refractivity contribution is 0.602. The third-order valence-electron chi connectivity index (χ3n) is 4.86. The zero-order valence-electron chi connectivity index (χ0n) is 12.2. The molecule has 0 aliphatic heterocycles. The summed E-state index contributed by atoms with van der Waals surface area (Å²) in [6.45, 7) is 0. The topological polar surface area (TPSA) is 39.2 Å². The van der Waals surface area contributed by atoms with E-state index in [9.17, 15) is 0 Å². The summed E-state index contributed by atoms with van der Waals surface area (Å²) in [5, 5.41) is 2.16. The number of furan rings is 1. The first kappa shape index (κ1) is 11.5. The number of fused-ring (bicyclic) bond motifs is 10. The fraction of sp³-hybridized carbons (Fsp3) is 0.0500. The third kappa shape index (κ3) is 1.29. The van der Waals surface area contributed by atoms with Gasteiger partial charge in [0.05, 0.1) is 5.39 Å². The van der Waals surface area contributed by atoms with Crippen LogP contribution in [0.2, 0.25) is 0 Å². The Labute approximate surface area is 131 Å². The lowest BCUT2D eigenvalue weighted by Crippen LogP contribution is -1.84. The molecule has 5 aromatic rings. The van der Waals surface area contributed by atoms with Crippen LogP contribution in [0.25, 0.3) is 44.2 Å². The minimum Gasteiger partial charge on any atom is -0.456 e. The molecule has 0 spiro atoms. The SMILES string of the molecule is c1ccc2c(c1)Cc1c-2c2ocnc2c2c1oc1ccccc12. The number of benzene rings is 3. The number of hydrogen-bond acceptors (Lipinski definition) is 3. The van der Waals surface area contributed by atoms with E-state index in [4.69, 9.17) is 8.83 Å². The molecule has 0 fully saturated rings. The van der Waals surface area contributed by atoms with Crippen LogP contribution in [0.1, 0.15) is 11.1 Å². The highest BCUT2D eigenvalue weighted by atomic mass is 16.3. The molecule has 2 aromatic heterocycles. The Bertz CT molecular complexity index is 1240. The van der Waals surface area contributed by atoms with Gasteiger partial charge in [-0.2, -0.15) is 0 Å². The zero-order chi connectivity index (χ0) is 15.0. The Morgan fingerprint density at radius 3 is 2.78 bits per heavy atom. The number of para-hydroxylation sites is 1. The molecule has 1 aliphatic carbocycles. The lowest BCUT2D eigenvalue weighted by Gasteiger charge is -2.02. The zero-order valence-corrected chi connectivity index (χ0v) is 12.2. The van der Waals surface area contributed by atoms with Crippen molar-refractivity contribution in [3.05, 3.63) is 66.1 Å². The monoisotopic (exact) mass is 297 g/mol. The molecule has 0 atom stereocenters. The molecule has 6 rings (SSSR count). The van der Waals surface area contributed by atoms with Gasteiger partial charge in [-0.05, 0) is 17.2 Å². The molecule has 3 aromatic carbocycles. The van der Waals surface area contributed by atoms with Gasteiger partial charge in [-0.25, -0.2) is 4.98 Å². The van der Waals surface area contributed by atoms with E-state index in [0.29, 0.717) is 0 Å². The van der Waals surface area contributed by atoms with Gasteiger partial charge in [0.25, 0.3) is 0 Å². The van der Waals surface area contributed by atoms with Crippen molar-refractivity contribution in [2.24, 2.45) is 0 Å². The van der Waals surface area contributed by atoms with Crippen molar-refractivity contribution < 1.29 is 8.83 Å². The molecular formula is C20H11NO2. The Morgan fingerprint density at radius 1 is 0.913 bits per heavy atom. The fourth-order valence-corrected chi connectivity index (χ4v) is 3.91. The second-order valence-electron chi connectivity index (χ2n) is 6.02. The summed E-state index contributed by atoms with van der Waals surface area (Å²) < 4.78 is 12.0. The average Bonchev–Trinajstić information content (AvgIpc) is 3.28. The molecule has 0 amide bonds. The van der Waals surface area contributed by atoms with Crippen LogP contribution in [0.5, 0.6) is 0 Å². The van der Waals surface area contributed by atoms with Gasteiger partial charge in [0.1, 0.15) is 16.7 Å². The summed E-state index contributed by atoms with van der Waals surface area (Å²) in [7, 11) is 0. The molecule has 0 unspecified atom stereocenters. The number of oxazole rings is 1. The molecule has 3 heteroatoms. The van der Waals surface area contributed by atoms with Crippen LogP contribution >= 0.6 is 0 Å². The quantitative estimate of drug-likeness (QED) is 0.382. The standard InChI is InChI=1S/C20H11NO2/c1-2-6-12-11(5-1)9-14-16(12)20-18(21-10-22-20)17-13-7-3-4-8-15(13)23-19(14)17/h1-8,10H,9H2. The number of hydrogen-bond donors (Lipinski definition) is 0. The van der Waals surface area contributed by atoms with Crippen LogP contribution in [0.15, 0.2) is 63.8 Å². The number of nitrogens with zero attached hydrogens (tertiary/aromatic N) is 1. The number of rotatable bonds is 0. The minimum atomic E-state index is 0.865. The fourth-order valence-electron chi connectivity index (χ4n) is 3.91. The lowest BCUT2D eigenvalue weighted by atomic mass is 10.0. The second kappa shape index (κ2) is 3.82. The van der Waals surface area contributed by atoms with Crippen LogP contribution in [0.4, 0.5) is 0 Å². The highest BCUT2D eigenvalue weighted by molar-refractivity contribution is 6.21. The summed E-state index contributed by atoms with van der Waals surface area (Å²) in [6.07, 6.45) is 2.41. The Morgan fingerprint density at radius 2 is 1.78 bits per heavy atom. The average molecular weight is 297 g/mol. The van der Waals surface area contributed by atoms with E-state index in [0.717, 1.165) is 45.0 Å². The van der Waals surface area contributed by atoms with Crippen LogP contribution in [-0.4, -0.2) is 4.98 Å². The van der Waals surface area contributed by atoms with Crippen LogP contribution < -0.4 is 0 Å². The van der Waals surface area contributed by atoms with Gasteiger partial charge in [-0.1, -0.05) is 42.5 Å². The maximum Gasteiger partial charge on any atom is 0.182 e. The molecule has 0 saturated heterocycles. The largest absolute Gasteiger partial charge is 0.456 e. The van der Waals surface area contributed by atoms with E-state index < -0.39 is 0 Å². The van der Waals surface area contributed by atoms with Crippen molar-refractivity contribution >= 4 is 33.0 Å². The Kier molecular flexibility index (Phi) is 1.91. The molecule has 23 heavy (non-hydrogen) atoms. The summed E-state index contributed by atoms with van der Waals surface area (Å²) in [5.74, 6) is 0. The predicted octanol–water partition coefficient (Wildman–Crippen LogP) is 5.30. The van der Waals surface area contributed by atoms with Crippen molar-refractivity contribution in [2.75, 3.05) is 0 Å². The first-order chi connectivity index (χ1) is 11.4. The molecule has 108 valence electrons. The first-order valence-corrected chi connectivity index (χ1v) is 7.69. The third-order valence-corrected chi connectivity index (χ3v) is 4.86. The van der Waals surface area contributed by atoms with Crippen molar-refractivity contribution in [2.45, 2.75) is 6.42 Å². The van der Waals surface area contributed by atoms with Gasteiger partial charge in [0.2, 0.25) is 0 Å². The Hall–Kier alpha value is -3.07. The maximum atomic E-state index is 6.22. The van der Waals surface area contributed by atoms with Crippen LogP contribution in [-0.2, 0) is 6.42 Å². The van der Waals surface area contributed by atoms with Gasteiger partial charge >= 0.3 is 0 Å². The van der Waals surface area contributed by atoms with Gasteiger partial charge < -0.3 is 8.83 Å². The molecule has 0 bridgehead atoms. The van der Waals surface area contributed by atoms with Gasteiger partial charge in [0.15, 0.2) is 12.0 Å². The first-order valence-electron chi connectivity index (χ1n) is 7.69. The maximum absolute atomic E-state index is 6.22. The summed E-state index contributed by atoms with van der Waals surface area (Å²) in [4.78, 5) is 4.49. The van der Waals surface area contributed by atoms with E-state index in [1.807, 2.05) is 18.2 Å². The summed E-state index contributed by atoms with van der Waals surface area (Å²) in [5.41, 5.74) is 8.49. The van der Waals surface area contributed by atoms with Gasteiger partial charge in [-0.3, -0.25) is 0 Å². The Balaban J connectivity index is 1.93. The molecule has 0 N–H and O–H groups in total. The highest BCUT2D eigenvalue weighted by Crippen LogP contribution is 2.47. The van der Waals surface area contributed by atoms with Gasteiger partial charge in [-0.15, -0.1) is 0 Å². The van der Waals surface area contributed by atoms with E-state index in [-0.39, 0.29) is 0 Å². The van der Waals surface area contributed by atoms with Gasteiger partial charge in [0, 0.05) is 22.9 Å². The van der Waals surface area contributed by atoms with E-state index in [1.165, 1.54) is 23.1 Å². The molecule has 2 heterocycles. The summed E-state index contributed by atoms with van der Waals surface area (Å²) >= 11 is 0. The molecule has 1 aliphatic rings. The van der Waals surface area contributed by atoms with Crippen LogP contribution in [0.3, 0.4) is 0 Å². The minimum absolute atomic E-state index is 0.865. The molecule has 3 nitrogen and oxygen atoms in total. The van der Waals surface area contributed by atoms with Crippen LogP contribution in [0, 0.1) is 0 Å². The van der Waals surface area contributed by atoms with E-state index in [2.05, 4.69) is 35.3 Å². The van der Waals surface area contributed by atoms with Crippen molar-refractivity contribution in [3.63, 3.8) is 0 Å². The number of aromatic nitrogens is 1. The van der Waals surface area contributed by atoms with Crippen molar-refractivity contribution in [1.82, 2.24) is 4.98 Å². The van der Waals surface area contributed by atoms with Crippen molar-refractivity contribution in [1.29, 1.82) is 0 Å². The molecule has 0 radical (unpaired) electrons. The van der Waals surface area contributed by atoms with Crippen molar-refractivity contribution in [3.8, 4) is 11.1 Å².